The molecule has 0 aliphatic heterocycles. The predicted octanol–water partition coefficient (Wildman–Crippen LogP) is 2.67. The van der Waals surface area contributed by atoms with Gasteiger partial charge >= 0.3 is 5.97 Å². The van der Waals surface area contributed by atoms with Crippen LogP contribution in [0.3, 0.4) is 0 Å². The van der Waals surface area contributed by atoms with Gasteiger partial charge in [-0.1, -0.05) is 13.8 Å². The molecule has 4 heteroatoms. The summed E-state index contributed by atoms with van der Waals surface area (Å²) < 4.78 is 4.94. The van der Waals surface area contributed by atoms with E-state index in [0.717, 1.165) is 31.8 Å². The molecule has 0 bridgehead atoms. The number of methoxy groups -OCH3 is 1. The summed E-state index contributed by atoms with van der Waals surface area (Å²) >= 11 is 0. The summed E-state index contributed by atoms with van der Waals surface area (Å²) in [5.74, 6) is 0.566. The van der Waals surface area contributed by atoms with Crippen molar-refractivity contribution in [1.82, 2.24) is 10.2 Å². The van der Waals surface area contributed by atoms with Crippen molar-refractivity contribution in [2.75, 3.05) is 27.2 Å². The average molecular weight is 286 g/mol. The first kappa shape index (κ1) is 19.4. The third kappa shape index (κ3) is 7.85. The van der Waals surface area contributed by atoms with E-state index in [1.807, 2.05) is 6.92 Å². The second-order valence-electron chi connectivity index (χ2n) is 6.71. The largest absolute Gasteiger partial charge is 0.468 e. The molecule has 0 spiro atoms. The Kier molecular flexibility index (Phi) is 9.06. The number of esters is 1. The minimum absolute atomic E-state index is 0.170. The van der Waals surface area contributed by atoms with Crippen LogP contribution >= 0.6 is 0 Å². The number of rotatable bonds is 10. The molecule has 0 radical (unpaired) electrons. The maximum absolute atomic E-state index is 12.0. The third-order valence-electron chi connectivity index (χ3n) is 3.55. The fourth-order valence-electron chi connectivity index (χ4n) is 2.39. The minimum Gasteiger partial charge on any atom is -0.468 e. The van der Waals surface area contributed by atoms with Crippen LogP contribution in [0.1, 0.15) is 53.9 Å². The number of nitrogens with zero attached hydrogens (tertiary/aromatic N) is 1. The van der Waals surface area contributed by atoms with Gasteiger partial charge in [0.2, 0.25) is 0 Å². The van der Waals surface area contributed by atoms with Gasteiger partial charge in [-0.15, -0.1) is 0 Å². The van der Waals surface area contributed by atoms with Gasteiger partial charge in [0.1, 0.15) is 5.54 Å². The summed E-state index contributed by atoms with van der Waals surface area (Å²) in [6.07, 6.45) is 3.00. The molecule has 0 heterocycles. The molecule has 20 heavy (non-hydrogen) atoms. The molecule has 4 nitrogen and oxygen atoms in total. The quantitative estimate of drug-likeness (QED) is 0.627. The van der Waals surface area contributed by atoms with Crippen molar-refractivity contribution in [2.24, 2.45) is 5.92 Å². The van der Waals surface area contributed by atoms with E-state index in [1.165, 1.54) is 13.5 Å². The summed E-state index contributed by atoms with van der Waals surface area (Å²) in [5.41, 5.74) is -0.582. The van der Waals surface area contributed by atoms with Crippen molar-refractivity contribution in [3.05, 3.63) is 0 Å². The van der Waals surface area contributed by atoms with Gasteiger partial charge in [-0.05, 0) is 66.1 Å². The maximum atomic E-state index is 12.0. The first-order valence-corrected chi connectivity index (χ1v) is 7.76. The number of carbonyl (C=O) groups excluding carboxylic acids is 1. The van der Waals surface area contributed by atoms with Crippen LogP contribution in [0.4, 0.5) is 0 Å². The second kappa shape index (κ2) is 9.35. The van der Waals surface area contributed by atoms with Crippen LogP contribution in [0, 0.1) is 5.92 Å². The van der Waals surface area contributed by atoms with Crippen LogP contribution in [0.5, 0.6) is 0 Å². The minimum atomic E-state index is -0.582. The second-order valence-corrected chi connectivity index (χ2v) is 6.71. The molecular weight excluding hydrogens is 252 g/mol. The van der Waals surface area contributed by atoms with Gasteiger partial charge < -0.3 is 9.64 Å². The monoisotopic (exact) mass is 286 g/mol. The molecule has 1 atom stereocenters. The van der Waals surface area contributed by atoms with E-state index in [1.54, 1.807) is 0 Å². The van der Waals surface area contributed by atoms with Gasteiger partial charge in [-0.3, -0.25) is 10.1 Å². The van der Waals surface area contributed by atoms with E-state index in [-0.39, 0.29) is 12.0 Å². The lowest BCUT2D eigenvalue weighted by Crippen LogP contribution is -2.53. The van der Waals surface area contributed by atoms with E-state index < -0.39 is 5.54 Å². The summed E-state index contributed by atoms with van der Waals surface area (Å²) in [6.45, 7) is 12.7. The van der Waals surface area contributed by atoms with Crippen molar-refractivity contribution in [3.63, 3.8) is 0 Å². The highest BCUT2D eigenvalue weighted by molar-refractivity contribution is 5.80. The maximum Gasteiger partial charge on any atom is 0.325 e. The Balaban J connectivity index is 4.23. The molecule has 1 unspecified atom stereocenters. The molecule has 0 fully saturated rings. The number of hydrogen-bond acceptors (Lipinski definition) is 4. The van der Waals surface area contributed by atoms with Crippen LogP contribution in [0.25, 0.3) is 0 Å². The summed E-state index contributed by atoms with van der Waals surface area (Å²) in [6, 6.07) is 0.262. The van der Waals surface area contributed by atoms with E-state index in [2.05, 4.69) is 45.0 Å². The highest BCUT2D eigenvalue weighted by Gasteiger charge is 2.34. The van der Waals surface area contributed by atoms with Crippen molar-refractivity contribution < 1.29 is 9.53 Å². The molecule has 120 valence electrons. The number of hydrogen-bond donors (Lipinski definition) is 1. The first-order valence-electron chi connectivity index (χ1n) is 7.76. The Hall–Kier alpha value is -0.610. The molecule has 0 aromatic rings. The van der Waals surface area contributed by atoms with Gasteiger partial charge in [-0.2, -0.15) is 0 Å². The first-order chi connectivity index (χ1) is 9.21. The van der Waals surface area contributed by atoms with Crippen LogP contribution in [0.2, 0.25) is 0 Å². The fraction of sp³-hybridized carbons (Fsp3) is 0.938. The SMILES string of the molecule is COC(=O)C(C)(CCCN(C)CCC(C)C)NC(C)C. The fourth-order valence-corrected chi connectivity index (χ4v) is 2.39. The lowest BCUT2D eigenvalue weighted by molar-refractivity contribution is -0.148. The Morgan fingerprint density at radius 3 is 2.30 bits per heavy atom. The Morgan fingerprint density at radius 1 is 1.25 bits per heavy atom. The topological polar surface area (TPSA) is 41.6 Å². The highest BCUT2D eigenvalue weighted by atomic mass is 16.5. The molecule has 0 aliphatic carbocycles. The molecule has 1 N–H and O–H groups in total. The smallest absolute Gasteiger partial charge is 0.325 e. The van der Waals surface area contributed by atoms with Crippen LogP contribution < -0.4 is 5.32 Å². The van der Waals surface area contributed by atoms with Gasteiger partial charge in [0.05, 0.1) is 7.11 Å². The molecule has 0 rings (SSSR count). The lowest BCUT2D eigenvalue weighted by Gasteiger charge is -2.31. The van der Waals surface area contributed by atoms with Crippen molar-refractivity contribution in [3.8, 4) is 0 Å². The molecule has 0 saturated heterocycles. The highest BCUT2D eigenvalue weighted by Crippen LogP contribution is 2.16. The zero-order chi connectivity index (χ0) is 15.8. The Morgan fingerprint density at radius 2 is 1.85 bits per heavy atom. The van der Waals surface area contributed by atoms with Crippen molar-refractivity contribution >= 4 is 5.97 Å². The Bertz CT molecular complexity index is 280. The van der Waals surface area contributed by atoms with Crippen LogP contribution in [0.15, 0.2) is 0 Å². The van der Waals surface area contributed by atoms with Crippen molar-refractivity contribution in [2.45, 2.75) is 65.5 Å². The number of ether oxygens (including phenoxy) is 1. The predicted molar refractivity (Wildman–Crippen MR) is 84.9 cm³/mol. The number of carbonyl (C=O) groups is 1. The van der Waals surface area contributed by atoms with E-state index in [9.17, 15) is 4.79 Å². The van der Waals surface area contributed by atoms with E-state index in [4.69, 9.17) is 4.74 Å². The van der Waals surface area contributed by atoms with Gasteiger partial charge in [0.25, 0.3) is 0 Å². The molecule has 0 amide bonds. The van der Waals surface area contributed by atoms with E-state index >= 15 is 0 Å². The molecule has 0 aliphatic rings. The third-order valence-corrected chi connectivity index (χ3v) is 3.55. The van der Waals surface area contributed by atoms with Crippen LogP contribution in [-0.2, 0) is 9.53 Å². The molecule has 0 aromatic carbocycles. The molecular formula is C16H34N2O2. The normalized spacial score (nSPS) is 14.9. The van der Waals surface area contributed by atoms with Crippen LogP contribution in [-0.4, -0.2) is 49.7 Å². The Labute approximate surface area is 125 Å². The molecule has 0 saturated carbocycles. The summed E-state index contributed by atoms with van der Waals surface area (Å²) in [4.78, 5) is 14.3. The number of nitrogens with one attached hydrogen (secondary N) is 1. The zero-order valence-corrected chi connectivity index (χ0v) is 14.5. The van der Waals surface area contributed by atoms with Crippen molar-refractivity contribution in [1.29, 1.82) is 0 Å². The van der Waals surface area contributed by atoms with Gasteiger partial charge in [0.15, 0.2) is 0 Å². The summed E-state index contributed by atoms with van der Waals surface area (Å²) in [7, 11) is 3.60. The lowest BCUT2D eigenvalue weighted by atomic mass is 9.94. The van der Waals surface area contributed by atoms with E-state index in [0.29, 0.717) is 0 Å². The zero-order valence-electron chi connectivity index (χ0n) is 14.5. The average Bonchev–Trinajstić information content (AvgIpc) is 2.34. The summed E-state index contributed by atoms with van der Waals surface area (Å²) in [5, 5.41) is 3.34. The standard InChI is InChI=1S/C16H34N2O2/c1-13(2)9-12-18(6)11-8-10-16(5,15(19)20-7)17-14(3)4/h13-14,17H,8-12H2,1-7H3. The van der Waals surface area contributed by atoms with Gasteiger partial charge in [0, 0.05) is 6.04 Å². The molecule has 0 aromatic heterocycles. The van der Waals surface area contributed by atoms with Gasteiger partial charge in [-0.25, -0.2) is 0 Å².